The number of nitrogens with one attached hydrogen (secondary N) is 2. The monoisotopic (exact) mass is 255 g/mol. The van der Waals surface area contributed by atoms with E-state index in [1.54, 1.807) is 48.5 Å². The summed E-state index contributed by atoms with van der Waals surface area (Å²) >= 11 is 0. The second-order valence-electron chi connectivity index (χ2n) is 3.82. The summed E-state index contributed by atoms with van der Waals surface area (Å²) in [5, 5.41) is 10.1. The Balaban J connectivity index is 1.95. The summed E-state index contributed by atoms with van der Waals surface area (Å²) in [6.45, 7) is 0. The van der Waals surface area contributed by atoms with Crippen LogP contribution in [-0.4, -0.2) is 11.9 Å². The zero-order valence-corrected chi connectivity index (χ0v) is 10.1. The van der Waals surface area contributed by atoms with E-state index in [0.29, 0.717) is 17.0 Å². The Kier molecular flexibility index (Phi) is 3.78. The van der Waals surface area contributed by atoms with Gasteiger partial charge in [0.05, 0.1) is 0 Å². The number of hydrogen-bond donors (Lipinski definition) is 3. The molecule has 0 atom stereocenters. The minimum atomic E-state index is -0.701. The van der Waals surface area contributed by atoms with Crippen LogP contribution in [0, 0.1) is 5.41 Å². The predicted octanol–water partition coefficient (Wildman–Crippen LogP) is 2.38. The van der Waals surface area contributed by atoms with Gasteiger partial charge in [0.2, 0.25) is 0 Å². The molecular formula is C14H13N3O2. The van der Waals surface area contributed by atoms with Crippen LogP contribution in [0.2, 0.25) is 0 Å². The first kappa shape index (κ1) is 12.6. The van der Waals surface area contributed by atoms with Crippen LogP contribution in [0.1, 0.15) is 5.56 Å². The maximum absolute atomic E-state index is 11.6. The van der Waals surface area contributed by atoms with Crippen molar-refractivity contribution in [2.45, 2.75) is 0 Å². The first-order chi connectivity index (χ1) is 9.15. The number of hydrogen-bond acceptors (Lipinski definition) is 4. The molecule has 96 valence electrons. The van der Waals surface area contributed by atoms with Crippen LogP contribution in [0.4, 0.5) is 10.5 Å². The summed E-state index contributed by atoms with van der Waals surface area (Å²) in [5.41, 5.74) is 6.70. The number of nitrogens with two attached hydrogens (primary N) is 1. The van der Waals surface area contributed by atoms with Crippen molar-refractivity contribution >= 4 is 17.6 Å². The number of carbonyl (C=O) groups is 1. The highest BCUT2D eigenvalue weighted by Crippen LogP contribution is 2.09. The number of carbonyl (C=O) groups excluding carboxylic acids is 1. The summed E-state index contributed by atoms with van der Waals surface area (Å²) in [6.07, 6.45) is -0.701. The molecule has 2 rings (SSSR count). The highest BCUT2D eigenvalue weighted by Gasteiger charge is 2.08. The smallest absolute Gasteiger partial charge is 0.410 e. The molecule has 1 amide bonds. The van der Waals surface area contributed by atoms with Crippen molar-refractivity contribution in [1.82, 2.24) is 5.32 Å². The van der Waals surface area contributed by atoms with Crippen LogP contribution in [0.15, 0.2) is 54.6 Å². The number of amides is 1. The molecule has 2 aromatic rings. The van der Waals surface area contributed by atoms with Crippen LogP contribution in [-0.2, 0) is 0 Å². The number of benzene rings is 2. The van der Waals surface area contributed by atoms with E-state index in [4.69, 9.17) is 15.9 Å². The van der Waals surface area contributed by atoms with Crippen molar-refractivity contribution in [2.24, 2.45) is 0 Å². The molecule has 19 heavy (non-hydrogen) atoms. The zero-order valence-electron chi connectivity index (χ0n) is 10.1. The fourth-order valence-electron chi connectivity index (χ4n) is 1.45. The maximum Gasteiger partial charge on any atom is 0.418 e. The summed E-state index contributed by atoms with van der Waals surface area (Å²) in [6, 6.07) is 15.3. The number of rotatable bonds is 2. The molecule has 0 aliphatic carbocycles. The van der Waals surface area contributed by atoms with E-state index >= 15 is 0 Å². The van der Waals surface area contributed by atoms with Crippen LogP contribution >= 0.6 is 0 Å². The van der Waals surface area contributed by atoms with Gasteiger partial charge in [0, 0.05) is 11.3 Å². The Morgan fingerprint density at radius 1 is 1.05 bits per heavy atom. The maximum atomic E-state index is 11.6. The third-order valence-electron chi connectivity index (χ3n) is 2.38. The molecular weight excluding hydrogens is 242 g/mol. The van der Waals surface area contributed by atoms with E-state index in [9.17, 15) is 4.79 Å². The lowest BCUT2D eigenvalue weighted by molar-refractivity contribution is 0.206. The molecule has 5 nitrogen and oxygen atoms in total. The summed E-state index contributed by atoms with van der Waals surface area (Å²) in [7, 11) is 0. The average Bonchev–Trinajstić information content (AvgIpc) is 2.40. The van der Waals surface area contributed by atoms with Crippen molar-refractivity contribution in [2.75, 3.05) is 5.73 Å². The van der Waals surface area contributed by atoms with E-state index in [1.807, 2.05) is 6.07 Å². The molecule has 0 radical (unpaired) electrons. The van der Waals surface area contributed by atoms with E-state index in [1.165, 1.54) is 0 Å². The van der Waals surface area contributed by atoms with Gasteiger partial charge in [-0.1, -0.05) is 18.2 Å². The van der Waals surface area contributed by atoms with Gasteiger partial charge in [-0.3, -0.25) is 10.7 Å². The molecule has 4 N–H and O–H groups in total. The van der Waals surface area contributed by atoms with Gasteiger partial charge in [-0.15, -0.1) is 0 Å². The van der Waals surface area contributed by atoms with E-state index < -0.39 is 6.09 Å². The Bertz CT molecular complexity index is 579. The lowest BCUT2D eigenvalue weighted by Crippen LogP contribution is -2.32. The van der Waals surface area contributed by atoms with Crippen molar-refractivity contribution < 1.29 is 9.53 Å². The summed E-state index contributed by atoms with van der Waals surface area (Å²) in [4.78, 5) is 11.6. The number of ether oxygens (including phenoxy) is 1. The second kappa shape index (κ2) is 5.68. The van der Waals surface area contributed by atoms with Crippen molar-refractivity contribution in [3.8, 4) is 5.75 Å². The van der Waals surface area contributed by atoms with Crippen LogP contribution in [0.3, 0.4) is 0 Å². The number of anilines is 1. The van der Waals surface area contributed by atoms with Gasteiger partial charge >= 0.3 is 6.09 Å². The number of nitrogen functional groups attached to an aromatic ring is 1. The Hall–Kier alpha value is -2.82. The highest BCUT2D eigenvalue weighted by atomic mass is 16.6. The molecule has 0 bridgehead atoms. The van der Waals surface area contributed by atoms with Gasteiger partial charge in [-0.2, -0.15) is 0 Å². The molecule has 0 fully saturated rings. The Labute approximate surface area is 110 Å². The Morgan fingerprint density at radius 3 is 2.32 bits per heavy atom. The van der Waals surface area contributed by atoms with Crippen LogP contribution < -0.4 is 15.8 Å². The quantitative estimate of drug-likeness (QED) is 0.437. The molecule has 0 aliphatic heterocycles. The van der Waals surface area contributed by atoms with Crippen molar-refractivity contribution in [1.29, 1.82) is 5.41 Å². The van der Waals surface area contributed by atoms with E-state index in [2.05, 4.69) is 5.32 Å². The minimum Gasteiger partial charge on any atom is -0.410 e. The summed E-state index contributed by atoms with van der Waals surface area (Å²) in [5.74, 6) is 0.381. The third kappa shape index (κ3) is 3.57. The first-order valence-corrected chi connectivity index (χ1v) is 5.63. The molecule has 0 spiro atoms. The van der Waals surface area contributed by atoms with Gasteiger partial charge in [-0.05, 0) is 36.4 Å². The van der Waals surface area contributed by atoms with Gasteiger partial charge in [0.25, 0.3) is 0 Å². The topological polar surface area (TPSA) is 88.2 Å². The van der Waals surface area contributed by atoms with Crippen LogP contribution in [0.25, 0.3) is 0 Å². The number of amidine groups is 1. The van der Waals surface area contributed by atoms with Gasteiger partial charge in [-0.25, -0.2) is 4.79 Å². The first-order valence-electron chi connectivity index (χ1n) is 5.63. The second-order valence-corrected chi connectivity index (χ2v) is 3.82. The van der Waals surface area contributed by atoms with Gasteiger partial charge in [0.15, 0.2) is 0 Å². The van der Waals surface area contributed by atoms with Gasteiger partial charge < -0.3 is 10.5 Å². The zero-order chi connectivity index (χ0) is 13.7. The highest BCUT2D eigenvalue weighted by molar-refractivity contribution is 6.04. The standard InChI is InChI=1S/C14H13N3O2/c15-11-8-6-10(7-9-11)13(16)17-14(18)19-12-4-2-1-3-5-12/h1-9H,15H2,(H2,16,17,18). The van der Waals surface area contributed by atoms with Crippen LogP contribution in [0.5, 0.6) is 5.75 Å². The van der Waals surface area contributed by atoms with Gasteiger partial charge in [0.1, 0.15) is 11.6 Å². The molecule has 2 aromatic carbocycles. The number of para-hydroxylation sites is 1. The van der Waals surface area contributed by atoms with E-state index in [-0.39, 0.29) is 5.84 Å². The molecule has 0 aromatic heterocycles. The SMILES string of the molecule is N=C(NC(=O)Oc1ccccc1)c1ccc(N)cc1. The van der Waals surface area contributed by atoms with E-state index in [0.717, 1.165) is 0 Å². The molecule has 0 unspecified atom stereocenters. The predicted molar refractivity (Wildman–Crippen MR) is 73.3 cm³/mol. The average molecular weight is 255 g/mol. The van der Waals surface area contributed by atoms with Crippen molar-refractivity contribution in [3.05, 3.63) is 60.2 Å². The fourth-order valence-corrected chi connectivity index (χ4v) is 1.45. The fraction of sp³-hybridized carbons (Fsp3) is 0. The lowest BCUT2D eigenvalue weighted by Gasteiger charge is -2.07. The summed E-state index contributed by atoms with van der Waals surface area (Å²) < 4.78 is 5.01. The molecule has 0 saturated heterocycles. The molecule has 5 heteroatoms. The largest absolute Gasteiger partial charge is 0.418 e. The molecule has 0 aliphatic rings. The molecule has 0 heterocycles. The third-order valence-corrected chi connectivity index (χ3v) is 2.38. The Morgan fingerprint density at radius 2 is 1.68 bits per heavy atom. The lowest BCUT2D eigenvalue weighted by atomic mass is 10.2. The normalized spacial score (nSPS) is 9.68. The minimum absolute atomic E-state index is 0.0408. The van der Waals surface area contributed by atoms with Crippen molar-refractivity contribution in [3.63, 3.8) is 0 Å². The molecule has 0 saturated carbocycles.